The van der Waals surface area contributed by atoms with Gasteiger partial charge in [0.2, 0.25) is 5.95 Å². The summed E-state index contributed by atoms with van der Waals surface area (Å²) in [6.07, 6.45) is -11.4. The van der Waals surface area contributed by atoms with Crippen LogP contribution in [0.1, 0.15) is 17.7 Å². The number of alkyl halides is 6. The van der Waals surface area contributed by atoms with Crippen molar-refractivity contribution in [1.82, 2.24) is 9.97 Å². The smallest absolute Gasteiger partial charge is 0.438 e. The van der Waals surface area contributed by atoms with E-state index in [2.05, 4.69) is 15.1 Å². The number of hydrogen-bond donors (Lipinski definition) is 1. The molecular formula is C23H18F6N4O3. The number of aliphatic hydroxyl groups is 1. The molecule has 0 saturated heterocycles. The third-order valence-electron chi connectivity index (χ3n) is 5.42. The highest BCUT2D eigenvalue weighted by Gasteiger charge is 2.63. The van der Waals surface area contributed by atoms with Crippen molar-refractivity contribution in [2.45, 2.75) is 24.5 Å². The number of benzene rings is 2. The molecule has 2 heterocycles. The molecule has 3 aromatic rings. The predicted octanol–water partition coefficient (Wildman–Crippen LogP) is 5.04. The van der Waals surface area contributed by atoms with Crippen molar-refractivity contribution in [2.24, 2.45) is 5.10 Å². The highest BCUT2D eigenvalue weighted by molar-refractivity contribution is 6.03. The average molecular weight is 512 g/mol. The summed E-state index contributed by atoms with van der Waals surface area (Å²) in [5.41, 5.74) is -5.47. The van der Waals surface area contributed by atoms with Crippen molar-refractivity contribution in [3.8, 4) is 22.8 Å². The molecule has 0 spiro atoms. The number of ether oxygens (including phenoxy) is 2. The Morgan fingerprint density at radius 3 is 2.11 bits per heavy atom. The summed E-state index contributed by atoms with van der Waals surface area (Å²) < 4.78 is 93.5. The van der Waals surface area contributed by atoms with E-state index in [1.54, 1.807) is 18.2 Å². The Kier molecular flexibility index (Phi) is 6.29. The third-order valence-corrected chi connectivity index (χ3v) is 5.42. The SMILES string of the molecule is COc1ccc(-c2cc(C(F)(F)F)nc(N3N=C(c4ccccc4)C[C@]3(O)C(F)(F)F)n2)cc1OC. The molecule has 190 valence electrons. The van der Waals surface area contributed by atoms with E-state index >= 15 is 0 Å². The Morgan fingerprint density at radius 2 is 1.53 bits per heavy atom. The summed E-state index contributed by atoms with van der Waals surface area (Å²) in [6.45, 7) is 0. The average Bonchev–Trinajstić information content (AvgIpc) is 3.22. The predicted molar refractivity (Wildman–Crippen MR) is 117 cm³/mol. The summed E-state index contributed by atoms with van der Waals surface area (Å²) in [6, 6.07) is 12.3. The zero-order valence-electron chi connectivity index (χ0n) is 18.7. The van der Waals surface area contributed by atoms with Crippen LogP contribution in [-0.2, 0) is 6.18 Å². The zero-order chi connectivity index (χ0) is 26.3. The molecule has 13 heteroatoms. The minimum Gasteiger partial charge on any atom is -0.493 e. The van der Waals surface area contributed by atoms with Gasteiger partial charge in [0.15, 0.2) is 17.2 Å². The Hall–Kier alpha value is -3.87. The van der Waals surface area contributed by atoms with E-state index in [0.29, 0.717) is 6.07 Å². The summed E-state index contributed by atoms with van der Waals surface area (Å²) in [7, 11) is 2.66. The van der Waals surface area contributed by atoms with E-state index in [9.17, 15) is 31.4 Å². The van der Waals surface area contributed by atoms with Gasteiger partial charge in [-0.05, 0) is 29.8 Å². The summed E-state index contributed by atoms with van der Waals surface area (Å²) >= 11 is 0. The summed E-state index contributed by atoms with van der Waals surface area (Å²) in [4.78, 5) is 7.21. The lowest BCUT2D eigenvalue weighted by molar-refractivity contribution is -0.254. The maximum atomic E-state index is 14.0. The van der Waals surface area contributed by atoms with Crippen LogP contribution in [0.4, 0.5) is 32.3 Å². The standard InChI is InChI=1S/C23H18F6N4O3/c1-35-17-9-8-14(10-18(17)36-2)15-11-19(22(24,25)26)31-20(30-15)33-21(34,23(27,28)29)12-16(32-33)13-6-4-3-5-7-13/h3-11,34H,12H2,1-2H3/t21-/m0/s1. The molecule has 0 aliphatic carbocycles. The number of rotatable bonds is 5. The maximum Gasteiger partial charge on any atom is 0.438 e. The molecule has 0 amide bonds. The van der Waals surface area contributed by atoms with Crippen molar-refractivity contribution in [3.63, 3.8) is 0 Å². The quantitative estimate of drug-likeness (QED) is 0.483. The number of anilines is 1. The highest BCUT2D eigenvalue weighted by atomic mass is 19.4. The van der Waals surface area contributed by atoms with Crippen LogP contribution in [0, 0.1) is 0 Å². The van der Waals surface area contributed by atoms with E-state index < -0.39 is 36.1 Å². The number of aromatic nitrogens is 2. The fourth-order valence-electron chi connectivity index (χ4n) is 3.59. The first-order chi connectivity index (χ1) is 16.9. The maximum absolute atomic E-state index is 14.0. The molecule has 1 aliphatic heterocycles. The second kappa shape index (κ2) is 8.97. The third kappa shape index (κ3) is 4.53. The van der Waals surface area contributed by atoms with E-state index in [4.69, 9.17) is 9.47 Å². The van der Waals surface area contributed by atoms with Crippen molar-refractivity contribution in [1.29, 1.82) is 0 Å². The lowest BCUT2D eigenvalue weighted by atomic mass is 10.0. The monoisotopic (exact) mass is 512 g/mol. The topological polar surface area (TPSA) is 80.1 Å². The van der Waals surface area contributed by atoms with E-state index in [-0.39, 0.29) is 39.0 Å². The van der Waals surface area contributed by atoms with Gasteiger partial charge < -0.3 is 14.6 Å². The zero-order valence-corrected chi connectivity index (χ0v) is 18.7. The lowest BCUT2D eigenvalue weighted by Gasteiger charge is -2.32. The van der Waals surface area contributed by atoms with Crippen LogP contribution in [0.3, 0.4) is 0 Å². The van der Waals surface area contributed by atoms with Crippen molar-refractivity contribution in [3.05, 3.63) is 65.9 Å². The van der Waals surface area contributed by atoms with Gasteiger partial charge in [-0.3, -0.25) is 0 Å². The van der Waals surface area contributed by atoms with E-state index in [1.807, 2.05) is 0 Å². The molecule has 0 unspecified atom stereocenters. The minimum absolute atomic E-state index is 0.0190. The lowest BCUT2D eigenvalue weighted by Crippen LogP contribution is -2.55. The number of halogens is 6. The molecule has 0 saturated carbocycles. The molecule has 2 aromatic carbocycles. The van der Waals surface area contributed by atoms with Crippen LogP contribution in [0.15, 0.2) is 59.7 Å². The normalized spacial score (nSPS) is 18.2. The second-order valence-corrected chi connectivity index (χ2v) is 7.72. The summed E-state index contributed by atoms with van der Waals surface area (Å²) in [5.74, 6) is -0.656. The van der Waals surface area contributed by atoms with Crippen LogP contribution in [0.25, 0.3) is 11.3 Å². The van der Waals surface area contributed by atoms with Gasteiger partial charge in [-0.15, -0.1) is 0 Å². The van der Waals surface area contributed by atoms with Gasteiger partial charge in [-0.1, -0.05) is 30.3 Å². The van der Waals surface area contributed by atoms with Crippen LogP contribution in [0.2, 0.25) is 0 Å². The first-order valence-corrected chi connectivity index (χ1v) is 10.3. The van der Waals surface area contributed by atoms with Crippen LogP contribution >= 0.6 is 0 Å². The van der Waals surface area contributed by atoms with Crippen molar-refractivity contribution in [2.75, 3.05) is 19.2 Å². The molecule has 1 aliphatic rings. The highest BCUT2D eigenvalue weighted by Crippen LogP contribution is 2.44. The van der Waals surface area contributed by atoms with Gasteiger partial charge in [0, 0.05) is 5.56 Å². The number of hydrogen-bond acceptors (Lipinski definition) is 7. The fraction of sp³-hybridized carbons (Fsp3) is 0.261. The molecule has 1 N–H and O–H groups in total. The van der Waals surface area contributed by atoms with Gasteiger partial charge in [0.25, 0.3) is 5.72 Å². The largest absolute Gasteiger partial charge is 0.493 e. The summed E-state index contributed by atoms with van der Waals surface area (Å²) in [5, 5.41) is 14.5. The van der Waals surface area contributed by atoms with Crippen molar-refractivity contribution < 1.29 is 40.9 Å². The molecule has 0 radical (unpaired) electrons. The van der Waals surface area contributed by atoms with Gasteiger partial charge in [0.1, 0.15) is 0 Å². The van der Waals surface area contributed by atoms with Crippen LogP contribution in [0.5, 0.6) is 11.5 Å². The number of nitrogens with zero attached hydrogens (tertiary/aromatic N) is 4. The Morgan fingerprint density at radius 1 is 0.861 bits per heavy atom. The second-order valence-electron chi connectivity index (χ2n) is 7.72. The molecular weight excluding hydrogens is 494 g/mol. The van der Waals surface area contributed by atoms with E-state index in [0.717, 1.165) is 0 Å². The molecule has 0 fully saturated rings. The van der Waals surface area contributed by atoms with Crippen LogP contribution in [-0.4, -0.2) is 46.9 Å². The minimum atomic E-state index is -5.31. The Labute approximate surface area is 200 Å². The first kappa shape index (κ1) is 25.2. The number of methoxy groups -OCH3 is 2. The molecule has 4 rings (SSSR count). The molecule has 0 bridgehead atoms. The first-order valence-electron chi connectivity index (χ1n) is 10.3. The molecule has 1 aromatic heterocycles. The Bertz CT molecular complexity index is 1300. The van der Waals surface area contributed by atoms with Gasteiger partial charge in [-0.25, -0.2) is 9.97 Å². The Balaban J connectivity index is 1.92. The number of hydrazone groups is 1. The van der Waals surface area contributed by atoms with Crippen LogP contribution < -0.4 is 14.5 Å². The van der Waals surface area contributed by atoms with Gasteiger partial charge in [0.05, 0.1) is 32.0 Å². The molecule has 36 heavy (non-hydrogen) atoms. The van der Waals surface area contributed by atoms with Gasteiger partial charge in [-0.2, -0.15) is 36.5 Å². The molecule has 7 nitrogen and oxygen atoms in total. The molecule has 1 atom stereocenters. The van der Waals surface area contributed by atoms with E-state index in [1.165, 1.54) is 44.6 Å². The fourth-order valence-corrected chi connectivity index (χ4v) is 3.59. The van der Waals surface area contributed by atoms with Gasteiger partial charge >= 0.3 is 12.4 Å². The van der Waals surface area contributed by atoms with Crippen molar-refractivity contribution >= 4 is 11.7 Å².